The van der Waals surface area contributed by atoms with Crippen LogP contribution in [0, 0.1) is 11.8 Å². The van der Waals surface area contributed by atoms with Crippen molar-refractivity contribution >= 4 is 0 Å². The molecule has 0 N–H and O–H groups in total. The van der Waals surface area contributed by atoms with E-state index in [-0.39, 0.29) is 5.92 Å². The van der Waals surface area contributed by atoms with Gasteiger partial charge in [0.05, 0.1) is 27.2 Å². The molecule has 0 heterocycles. The second-order valence-corrected chi connectivity index (χ2v) is 5.32. The van der Waals surface area contributed by atoms with E-state index in [4.69, 9.17) is 14.2 Å². The monoisotopic (exact) mass is 322 g/mol. The number of rotatable bonds is 5. The third-order valence-electron chi connectivity index (χ3n) is 3.61. The van der Waals surface area contributed by atoms with Gasteiger partial charge in [-0.15, -0.1) is 0 Å². The highest BCUT2D eigenvalue weighted by atomic mass is 16.5. The molecule has 0 fully saturated rings. The van der Waals surface area contributed by atoms with Crippen LogP contribution in [-0.2, 0) is 0 Å². The van der Waals surface area contributed by atoms with Crippen molar-refractivity contribution in [1.29, 1.82) is 0 Å². The molecule has 0 saturated heterocycles. The third-order valence-corrected chi connectivity index (χ3v) is 3.61. The molecule has 0 radical (unpaired) electrons. The van der Waals surface area contributed by atoms with Gasteiger partial charge < -0.3 is 14.2 Å². The fourth-order valence-electron chi connectivity index (χ4n) is 2.53. The molecular weight excluding hydrogens is 300 g/mol. The molecule has 3 nitrogen and oxygen atoms in total. The average molecular weight is 322 g/mol. The quantitative estimate of drug-likeness (QED) is 0.763. The Labute approximate surface area is 143 Å². The van der Waals surface area contributed by atoms with E-state index in [1.54, 1.807) is 21.3 Å². The molecule has 1 unspecified atom stereocenters. The highest BCUT2D eigenvalue weighted by Gasteiger charge is 2.22. The summed E-state index contributed by atoms with van der Waals surface area (Å²) >= 11 is 0. The summed E-state index contributed by atoms with van der Waals surface area (Å²) in [4.78, 5) is 0. The average Bonchev–Trinajstić information content (AvgIpc) is 2.61. The molecule has 0 aliphatic rings. The summed E-state index contributed by atoms with van der Waals surface area (Å²) in [5.41, 5.74) is 2.82. The number of hydrogen-bond donors (Lipinski definition) is 0. The zero-order valence-corrected chi connectivity index (χ0v) is 14.6. The SMILES string of the molecule is C=C(C)C#CC(c1ccccc1)c1ccc(OC)c(OC)c1OC. The molecule has 124 valence electrons. The number of benzene rings is 2. The van der Waals surface area contributed by atoms with Gasteiger partial charge >= 0.3 is 0 Å². The lowest BCUT2D eigenvalue weighted by Crippen LogP contribution is -2.04. The van der Waals surface area contributed by atoms with Gasteiger partial charge in [0, 0.05) is 5.56 Å². The van der Waals surface area contributed by atoms with E-state index in [2.05, 4.69) is 18.4 Å². The van der Waals surface area contributed by atoms with Crippen LogP contribution in [0.15, 0.2) is 54.6 Å². The second kappa shape index (κ2) is 8.12. The number of allylic oxidation sites excluding steroid dienone is 1. The van der Waals surface area contributed by atoms with E-state index < -0.39 is 0 Å². The van der Waals surface area contributed by atoms with Crippen LogP contribution in [0.2, 0.25) is 0 Å². The Hall–Kier alpha value is -2.86. The molecule has 0 aliphatic carbocycles. The van der Waals surface area contributed by atoms with Crippen LogP contribution in [0.25, 0.3) is 0 Å². The summed E-state index contributed by atoms with van der Waals surface area (Å²) in [5, 5.41) is 0. The minimum absolute atomic E-state index is 0.155. The van der Waals surface area contributed by atoms with Gasteiger partial charge in [0.25, 0.3) is 0 Å². The van der Waals surface area contributed by atoms with Crippen LogP contribution >= 0.6 is 0 Å². The first-order valence-corrected chi connectivity index (χ1v) is 7.63. The van der Waals surface area contributed by atoms with Gasteiger partial charge in [-0.1, -0.05) is 48.8 Å². The molecule has 0 aliphatic heterocycles. The van der Waals surface area contributed by atoms with Gasteiger partial charge in [-0.2, -0.15) is 0 Å². The highest BCUT2D eigenvalue weighted by Crippen LogP contribution is 2.43. The summed E-state index contributed by atoms with van der Waals surface area (Å²) in [6.45, 7) is 5.76. The van der Waals surface area contributed by atoms with Gasteiger partial charge in [-0.3, -0.25) is 0 Å². The normalized spacial score (nSPS) is 11.0. The minimum atomic E-state index is -0.155. The summed E-state index contributed by atoms with van der Waals surface area (Å²) in [6.07, 6.45) is 0. The van der Waals surface area contributed by atoms with E-state index in [1.807, 2.05) is 49.4 Å². The van der Waals surface area contributed by atoms with Crippen molar-refractivity contribution in [3.63, 3.8) is 0 Å². The van der Waals surface area contributed by atoms with Crippen LogP contribution < -0.4 is 14.2 Å². The molecule has 0 spiro atoms. The molecule has 24 heavy (non-hydrogen) atoms. The first kappa shape index (κ1) is 17.5. The van der Waals surface area contributed by atoms with Crippen molar-refractivity contribution in [3.8, 4) is 29.1 Å². The molecule has 2 aromatic rings. The Bertz CT molecular complexity index is 767. The van der Waals surface area contributed by atoms with E-state index in [0.29, 0.717) is 17.2 Å². The predicted octanol–water partition coefficient (Wildman–Crippen LogP) is 4.42. The molecular formula is C21H22O3. The van der Waals surface area contributed by atoms with E-state index in [1.165, 1.54) is 0 Å². The number of methoxy groups -OCH3 is 3. The molecule has 3 heteroatoms. The Morgan fingerprint density at radius 1 is 0.917 bits per heavy atom. The molecule has 0 saturated carbocycles. The summed E-state index contributed by atoms with van der Waals surface area (Å²) < 4.78 is 16.5. The number of ether oxygens (including phenoxy) is 3. The van der Waals surface area contributed by atoms with Crippen molar-refractivity contribution in [2.45, 2.75) is 12.8 Å². The topological polar surface area (TPSA) is 27.7 Å². The highest BCUT2D eigenvalue weighted by molar-refractivity contribution is 5.60. The maximum absolute atomic E-state index is 5.62. The molecule has 0 amide bonds. The molecule has 0 aromatic heterocycles. The third kappa shape index (κ3) is 3.72. The molecule has 1 atom stereocenters. The molecule has 2 aromatic carbocycles. The van der Waals surface area contributed by atoms with Crippen LogP contribution in [0.3, 0.4) is 0 Å². The van der Waals surface area contributed by atoms with Crippen LogP contribution in [0.1, 0.15) is 24.0 Å². The van der Waals surface area contributed by atoms with E-state index in [0.717, 1.165) is 16.7 Å². The van der Waals surface area contributed by atoms with Crippen molar-refractivity contribution in [1.82, 2.24) is 0 Å². The first-order valence-electron chi connectivity index (χ1n) is 7.63. The van der Waals surface area contributed by atoms with E-state index in [9.17, 15) is 0 Å². The van der Waals surface area contributed by atoms with Gasteiger partial charge in [0.2, 0.25) is 5.75 Å². The Balaban J connectivity index is 2.67. The predicted molar refractivity (Wildman–Crippen MR) is 97.0 cm³/mol. The van der Waals surface area contributed by atoms with E-state index >= 15 is 0 Å². The number of hydrogen-bond acceptors (Lipinski definition) is 3. The lowest BCUT2D eigenvalue weighted by atomic mass is 9.90. The minimum Gasteiger partial charge on any atom is -0.493 e. The fourth-order valence-corrected chi connectivity index (χ4v) is 2.53. The lowest BCUT2D eigenvalue weighted by molar-refractivity contribution is 0.322. The van der Waals surface area contributed by atoms with Crippen molar-refractivity contribution < 1.29 is 14.2 Å². The van der Waals surface area contributed by atoms with Crippen LogP contribution in [0.5, 0.6) is 17.2 Å². The Kier molecular flexibility index (Phi) is 5.92. The smallest absolute Gasteiger partial charge is 0.203 e. The summed E-state index contributed by atoms with van der Waals surface area (Å²) in [7, 11) is 4.82. The van der Waals surface area contributed by atoms with Crippen LogP contribution in [-0.4, -0.2) is 21.3 Å². The molecule has 2 rings (SSSR count). The van der Waals surface area contributed by atoms with Crippen LogP contribution in [0.4, 0.5) is 0 Å². The van der Waals surface area contributed by atoms with Gasteiger partial charge in [-0.05, 0) is 30.2 Å². The zero-order valence-electron chi connectivity index (χ0n) is 14.6. The Morgan fingerprint density at radius 2 is 1.58 bits per heavy atom. The summed E-state index contributed by atoms with van der Waals surface area (Å²) in [5.74, 6) is 8.04. The van der Waals surface area contributed by atoms with Crippen molar-refractivity contribution in [2.24, 2.45) is 0 Å². The lowest BCUT2D eigenvalue weighted by Gasteiger charge is -2.19. The maximum atomic E-state index is 5.62. The Morgan fingerprint density at radius 3 is 2.12 bits per heavy atom. The largest absolute Gasteiger partial charge is 0.493 e. The van der Waals surface area contributed by atoms with Gasteiger partial charge in [-0.25, -0.2) is 0 Å². The van der Waals surface area contributed by atoms with Crippen molar-refractivity contribution in [3.05, 3.63) is 65.7 Å². The van der Waals surface area contributed by atoms with Gasteiger partial charge in [0.1, 0.15) is 0 Å². The molecule has 0 bridgehead atoms. The second-order valence-electron chi connectivity index (χ2n) is 5.32. The van der Waals surface area contributed by atoms with Gasteiger partial charge in [0.15, 0.2) is 11.5 Å². The summed E-state index contributed by atoms with van der Waals surface area (Å²) in [6, 6.07) is 13.9. The standard InChI is InChI=1S/C21H22O3/c1-15(2)11-12-17(16-9-7-6-8-10-16)18-13-14-19(22-3)21(24-5)20(18)23-4/h6-10,13-14,17H,1H2,2-5H3. The first-order chi connectivity index (χ1) is 11.6. The fraction of sp³-hybridized carbons (Fsp3) is 0.238. The van der Waals surface area contributed by atoms with Crippen molar-refractivity contribution in [2.75, 3.05) is 21.3 Å². The maximum Gasteiger partial charge on any atom is 0.203 e. The zero-order chi connectivity index (χ0) is 17.5.